The summed E-state index contributed by atoms with van der Waals surface area (Å²) >= 11 is 3.60. The third-order valence-electron chi connectivity index (χ3n) is 0.528. The summed E-state index contributed by atoms with van der Waals surface area (Å²) < 4.78 is 0. The Bertz CT molecular complexity index is 112. The van der Waals surface area contributed by atoms with Crippen LogP contribution in [0.4, 0.5) is 4.79 Å². The monoisotopic (exact) mass is 149 g/mol. The Morgan fingerprint density at radius 1 is 1.56 bits per heavy atom. The smallest absolute Gasteiger partial charge is 0.276 e. The van der Waals surface area contributed by atoms with Crippen molar-refractivity contribution in [1.29, 1.82) is 0 Å². The molecule has 0 aromatic heterocycles. The van der Waals surface area contributed by atoms with E-state index in [0.717, 1.165) is 0 Å². The molecule has 0 saturated heterocycles. The van der Waals surface area contributed by atoms with Gasteiger partial charge in [-0.15, -0.1) is 0 Å². The second-order valence-corrected chi connectivity index (χ2v) is 1.50. The number of carbonyl (C=O) groups excluding carboxylic acids is 2. The van der Waals surface area contributed by atoms with Crippen LogP contribution < -0.4 is 16.6 Å². The number of hydrogen-bond acceptors (Lipinski definition) is 4. The predicted molar refractivity (Wildman–Crippen MR) is 34.7 cm³/mol. The van der Waals surface area contributed by atoms with Crippen molar-refractivity contribution in [3.8, 4) is 0 Å². The van der Waals surface area contributed by atoms with Crippen molar-refractivity contribution in [1.82, 2.24) is 10.7 Å². The second kappa shape index (κ2) is 4.16. The molecule has 0 radical (unpaired) electrons. The maximum atomic E-state index is 10.3. The molecule has 0 aliphatic heterocycles. The summed E-state index contributed by atoms with van der Waals surface area (Å²) in [6.07, 6.45) is 0. The summed E-state index contributed by atoms with van der Waals surface area (Å²) in [5, 5.41) is 1.89. The largest absolute Gasteiger partial charge is 0.335 e. The van der Waals surface area contributed by atoms with Crippen LogP contribution in [-0.4, -0.2) is 17.7 Å². The molecule has 0 heterocycles. The van der Waals surface area contributed by atoms with Crippen LogP contribution in [0.5, 0.6) is 0 Å². The van der Waals surface area contributed by atoms with E-state index in [0.29, 0.717) is 0 Å². The third-order valence-corrected chi connectivity index (χ3v) is 0.815. The van der Waals surface area contributed by atoms with Crippen molar-refractivity contribution in [3.05, 3.63) is 0 Å². The molecule has 0 saturated carbocycles. The Balaban J connectivity index is 3.47. The van der Waals surface area contributed by atoms with Gasteiger partial charge in [-0.3, -0.25) is 15.5 Å². The van der Waals surface area contributed by atoms with Crippen molar-refractivity contribution in [2.45, 2.75) is 0 Å². The van der Waals surface area contributed by atoms with E-state index in [-0.39, 0.29) is 5.75 Å². The van der Waals surface area contributed by atoms with Crippen molar-refractivity contribution < 1.29 is 9.59 Å². The lowest BCUT2D eigenvalue weighted by Gasteiger charge is -1.97. The zero-order chi connectivity index (χ0) is 7.28. The number of nitrogens with one attached hydrogen (secondary N) is 2. The molecule has 0 aliphatic rings. The van der Waals surface area contributed by atoms with Gasteiger partial charge in [0.2, 0.25) is 5.91 Å². The first-order chi connectivity index (χ1) is 4.20. The summed E-state index contributed by atoms with van der Waals surface area (Å²) in [6.45, 7) is 0. The zero-order valence-electron chi connectivity index (χ0n) is 4.55. The van der Waals surface area contributed by atoms with E-state index in [9.17, 15) is 9.59 Å². The minimum absolute atomic E-state index is 0.0343. The summed E-state index contributed by atoms with van der Waals surface area (Å²) in [7, 11) is 0. The van der Waals surface area contributed by atoms with E-state index in [1.165, 1.54) is 0 Å². The molecule has 0 unspecified atom stereocenters. The first-order valence-electron chi connectivity index (χ1n) is 2.12. The first-order valence-corrected chi connectivity index (χ1v) is 2.75. The molecule has 0 rings (SSSR count). The molecular formula is C3H7N3O2S. The lowest BCUT2D eigenvalue weighted by Crippen LogP contribution is -2.43. The topological polar surface area (TPSA) is 84.2 Å². The quantitative estimate of drug-likeness (QED) is 0.160. The van der Waals surface area contributed by atoms with Gasteiger partial charge < -0.3 is 0 Å². The molecule has 0 aromatic rings. The van der Waals surface area contributed by atoms with E-state index in [1.807, 2.05) is 5.32 Å². The minimum atomic E-state index is -0.728. The Kier molecular flexibility index (Phi) is 3.81. The van der Waals surface area contributed by atoms with Gasteiger partial charge in [-0.1, -0.05) is 0 Å². The van der Waals surface area contributed by atoms with Gasteiger partial charge >= 0.3 is 6.03 Å². The standard InChI is InChI=1S/C3H7N3O2S/c4-6-3(8)5-2(7)1-9/h9H,1,4H2,(H2,5,6,7,8). The Morgan fingerprint density at radius 2 is 2.11 bits per heavy atom. The molecular weight excluding hydrogens is 142 g/mol. The first kappa shape index (κ1) is 8.25. The lowest BCUT2D eigenvalue weighted by atomic mass is 10.7. The van der Waals surface area contributed by atoms with Gasteiger partial charge in [-0.2, -0.15) is 12.6 Å². The highest BCUT2D eigenvalue weighted by Gasteiger charge is 2.00. The van der Waals surface area contributed by atoms with Gasteiger partial charge in [-0.05, 0) is 0 Å². The highest BCUT2D eigenvalue weighted by Crippen LogP contribution is 1.71. The molecule has 3 amide bonds. The second-order valence-electron chi connectivity index (χ2n) is 1.18. The molecule has 0 fully saturated rings. The maximum Gasteiger partial charge on any atom is 0.335 e. The van der Waals surface area contributed by atoms with Gasteiger partial charge in [0.25, 0.3) is 0 Å². The number of urea groups is 1. The fourth-order valence-electron chi connectivity index (χ4n) is 0.202. The van der Waals surface area contributed by atoms with Crippen molar-refractivity contribution in [3.63, 3.8) is 0 Å². The average Bonchev–Trinajstić information content (AvgIpc) is 1.87. The lowest BCUT2D eigenvalue weighted by molar-refractivity contribution is -0.117. The van der Waals surface area contributed by atoms with Gasteiger partial charge in [0, 0.05) is 0 Å². The molecule has 52 valence electrons. The van der Waals surface area contributed by atoms with Crippen LogP contribution in [0.25, 0.3) is 0 Å². The number of amides is 3. The summed E-state index contributed by atoms with van der Waals surface area (Å²) in [5.41, 5.74) is 1.73. The summed E-state index contributed by atoms with van der Waals surface area (Å²) in [5.74, 6) is 4.12. The molecule has 0 spiro atoms. The average molecular weight is 149 g/mol. The van der Waals surface area contributed by atoms with Crippen LogP contribution in [-0.2, 0) is 4.79 Å². The fraction of sp³-hybridized carbons (Fsp3) is 0.333. The van der Waals surface area contributed by atoms with E-state index >= 15 is 0 Å². The van der Waals surface area contributed by atoms with Crippen LogP contribution in [0, 0.1) is 0 Å². The summed E-state index contributed by atoms with van der Waals surface area (Å²) in [4.78, 5) is 20.5. The van der Waals surface area contributed by atoms with Crippen molar-refractivity contribution in [2.75, 3.05) is 5.75 Å². The molecule has 0 aromatic carbocycles. The maximum absolute atomic E-state index is 10.3. The van der Waals surface area contributed by atoms with Crippen LogP contribution in [0.15, 0.2) is 0 Å². The normalized spacial score (nSPS) is 8.22. The van der Waals surface area contributed by atoms with E-state index in [2.05, 4.69) is 18.5 Å². The van der Waals surface area contributed by atoms with Gasteiger partial charge in [0.05, 0.1) is 5.75 Å². The fourth-order valence-corrected chi connectivity index (χ4v) is 0.281. The Hall–Kier alpha value is -0.750. The van der Waals surface area contributed by atoms with Crippen LogP contribution in [0.2, 0.25) is 0 Å². The Labute approximate surface area is 57.4 Å². The van der Waals surface area contributed by atoms with Gasteiger partial charge in [0.15, 0.2) is 0 Å². The highest BCUT2D eigenvalue weighted by atomic mass is 32.1. The number of thiol groups is 1. The van der Waals surface area contributed by atoms with Crippen LogP contribution >= 0.6 is 12.6 Å². The van der Waals surface area contributed by atoms with E-state index in [4.69, 9.17) is 0 Å². The number of rotatable bonds is 1. The van der Waals surface area contributed by atoms with E-state index < -0.39 is 11.9 Å². The summed E-state index contributed by atoms with van der Waals surface area (Å²) in [6, 6.07) is -0.728. The molecule has 5 nitrogen and oxygen atoms in total. The van der Waals surface area contributed by atoms with Crippen LogP contribution in [0.1, 0.15) is 0 Å². The molecule has 0 aliphatic carbocycles. The molecule has 6 heteroatoms. The number of imide groups is 1. The number of hydrogen-bond donors (Lipinski definition) is 4. The number of hydrazine groups is 1. The minimum Gasteiger partial charge on any atom is -0.276 e. The van der Waals surface area contributed by atoms with E-state index in [1.54, 1.807) is 5.43 Å². The third kappa shape index (κ3) is 3.80. The molecule has 0 atom stereocenters. The predicted octanol–water partition coefficient (Wildman–Crippen LogP) is -1.38. The molecule has 0 bridgehead atoms. The van der Waals surface area contributed by atoms with Crippen molar-refractivity contribution in [2.24, 2.45) is 5.84 Å². The number of nitrogens with two attached hydrogens (primary N) is 1. The highest BCUT2D eigenvalue weighted by molar-refractivity contribution is 7.81. The molecule has 9 heavy (non-hydrogen) atoms. The van der Waals surface area contributed by atoms with Crippen molar-refractivity contribution >= 4 is 24.6 Å². The van der Waals surface area contributed by atoms with Gasteiger partial charge in [0.1, 0.15) is 0 Å². The van der Waals surface area contributed by atoms with Gasteiger partial charge in [-0.25, -0.2) is 10.6 Å². The number of carbonyl (C=O) groups is 2. The Morgan fingerprint density at radius 3 is 2.44 bits per heavy atom. The molecule has 4 N–H and O–H groups in total. The van der Waals surface area contributed by atoms with Crippen LogP contribution in [0.3, 0.4) is 0 Å². The SMILES string of the molecule is NNC(=O)NC(=O)CS. The zero-order valence-corrected chi connectivity index (χ0v) is 5.44.